The van der Waals surface area contributed by atoms with Gasteiger partial charge in [0, 0.05) is 25.3 Å². The van der Waals surface area contributed by atoms with Gasteiger partial charge >= 0.3 is 0 Å². The molecular formula is C22H28N2O. The van der Waals surface area contributed by atoms with E-state index in [2.05, 4.69) is 53.8 Å². The number of hydrogen-bond acceptors (Lipinski definition) is 2. The molecule has 0 unspecified atom stereocenters. The largest absolute Gasteiger partial charge is 0.385 e. The molecule has 132 valence electrons. The summed E-state index contributed by atoms with van der Waals surface area (Å²) >= 11 is 0. The number of rotatable bonds is 7. The molecule has 3 nitrogen and oxygen atoms in total. The van der Waals surface area contributed by atoms with Crippen molar-refractivity contribution in [2.24, 2.45) is 5.92 Å². The van der Waals surface area contributed by atoms with Crippen LogP contribution in [0.2, 0.25) is 0 Å². The van der Waals surface area contributed by atoms with E-state index in [1.165, 1.54) is 24.0 Å². The molecule has 0 aromatic heterocycles. The highest BCUT2D eigenvalue weighted by atomic mass is 16.2. The number of anilines is 1. The summed E-state index contributed by atoms with van der Waals surface area (Å²) in [6.45, 7) is 6.59. The minimum atomic E-state index is 0.203. The highest BCUT2D eigenvalue weighted by Crippen LogP contribution is 2.26. The van der Waals surface area contributed by atoms with Gasteiger partial charge in [-0.1, -0.05) is 36.4 Å². The first-order valence-electron chi connectivity index (χ1n) is 9.37. The molecule has 0 bridgehead atoms. The highest BCUT2D eigenvalue weighted by molar-refractivity contribution is 5.78. The van der Waals surface area contributed by atoms with Crippen molar-refractivity contribution in [2.75, 3.05) is 25.0 Å². The molecule has 0 atom stereocenters. The molecule has 0 heterocycles. The fraction of sp³-hybridized carbons (Fsp3) is 0.409. The minimum Gasteiger partial charge on any atom is -0.385 e. The molecule has 0 saturated carbocycles. The van der Waals surface area contributed by atoms with Gasteiger partial charge in [-0.25, -0.2) is 0 Å². The Morgan fingerprint density at radius 3 is 2.16 bits per heavy atom. The van der Waals surface area contributed by atoms with Crippen molar-refractivity contribution < 1.29 is 4.79 Å². The van der Waals surface area contributed by atoms with Crippen LogP contribution in [0, 0.1) is 5.92 Å². The van der Waals surface area contributed by atoms with Gasteiger partial charge in [0.2, 0.25) is 5.91 Å². The number of likely N-dealkylation sites (N-methyl/N-ethyl adjacent to an activating group) is 1. The molecule has 0 saturated heterocycles. The zero-order chi connectivity index (χ0) is 17.6. The van der Waals surface area contributed by atoms with Crippen LogP contribution in [0.4, 0.5) is 5.69 Å². The Bertz CT molecular complexity index is 679. The average Bonchev–Trinajstić information content (AvgIpc) is 3.05. The summed E-state index contributed by atoms with van der Waals surface area (Å²) in [5.41, 5.74) is 5.21. The quantitative estimate of drug-likeness (QED) is 0.831. The fourth-order valence-electron chi connectivity index (χ4n) is 3.66. The zero-order valence-corrected chi connectivity index (χ0v) is 15.3. The van der Waals surface area contributed by atoms with Crippen LogP contribution in [-0.2, 0) is 24.1 Å². The van der Waals surface area contributed by atoms with Crippen LogP contribution in [0.25, 0.3) is 0 Å². The molecule has 0 fully saturated rings. The normalized spacial score (nSPS) is 13.5. The van der Waals surface area contributed by atoms with Gasteiger partial charge in [0.05, 0.1) is 6.42 Å². The summed E-state index contributed by atoms with van der Waals surface area (Å²) in [6, 6.07) is 17.1. The lowest BCUT2D eigenvalue weighted by Gasteiger charge is -2.18. The Morgan fingerprint density at radius 2 is 1.60 bits per heavy atom. The van der Waals surface area contributed by atoms with Crippen LogP contribution >= 0.6 is 0 Å². The van der Waals surface area contributed by atoms with Crippen LogP contribution in [0.1, 0.15) is 30.5 Å². The van der Waals surface area contributed by atoms with E-state index in [-0.39, 0.29) is 5.91 Å². The zero-order valence-electron chi connectivity index (χ0n) is 15.3. The van der Waals surface area contributed by atoms with E-state index in [4.69, 9.17) is 0 Å². The topological polar surface area (TPSA) is 32.3 Å². The van der Waals surface area contributed by atoms with Crippen molar-refractivity contribution in [2.45, 2.75) is 33.1 Å². The SMILES string of the molecule is CCN(CC)C(=O)Cc1ccc(NCC2Cc3ccccc3C2)cc1. The number of carbonyl (C=O) groups excluding carboxylic acids is 1. The third-order valence-electron chi connectivity index (χ3n) is 5.16. The van der Waals surface area contributed by atoms with Gasteiger partial charge in [0.25, 0.3) is 0 Å². The molecule has 25 heavy (non-hydrogen) atoms. The lowest BCUT2D eigenvalue weighted by atomic mass is 10.1. The van der Waals surface area contributed by atoms with E-state index in [0.29, 0.717) is 12.3 Å². The molecule has 0 spiro atoms. The van der Waals surface area contributed by atoms with Gasteiger partial charge in [0.15, 0.2) is 0 Å². The molecule has 1 amide bonds. The number of carbonyl (C=O) groups is 1. The van der Waals surface area contributed by atoms with Crippen LogP contribution in [0.15, 0.2) is 48.5 Å². The van der Waals surface area contributed by atoms with Crippen molar-refractivity contribution in [1.82, 2.24) is 4.90 Å². The lowest BCUT2D eigenvalue weighted by molar-refractivity contribution is -0.130. The number of hydrogen-bond donors (Lipinski definition) is 1. The number of benzene rings is 2. The van der Waals surface area contributed by atoms with Crippen LogP contribution in [-0.4, -0.2) is 30.4 Å². The second-order valence-corrected chi connectivity index (χ2v) is 6.86. The van der Waals surface area contributed by atoms with Crippen LogP contribution < -0.4 is 5.32 Å². The van der Waals surface area contributed by atoms with E-state index >= 15 is 0 Å². The summed E-state index contributed by atoms with van der Waals surface area (Å²) < 4.78 is 0. The smallest absolute Gasteiger partial charge is 0.226 e. The summed E-state index contributed by atoms with van der Waals surface area (Å²) in [4.78, 5) is 14.1. The third kappa shape index (κ3) is 4.41. The number of nitrogens with zero attached hydrogens (tertiary/aromatic N) is 1. The van der Waals surface area contributed by atoms with Gasteiger partial charge in [-0.15, -0.1) is 0 Å². The van der Waals surface area contributed by atoms with Crippen molar-refractivity contribution in [3.63, 3.8) is 0 Å². The molecule has 0 aliphatic heterocycles. The first-order valence-corrected chi connectivity index (χ1v) is 9.37. The van der Waals surface area contributed by atoms with Gasteiger partial charge in [-0.2, -0.15) is 0 Å². The Kier molecular flexibility index (Phi) is 5.75. The number of amides is 1. The number of nitrogens with one attached hydrogen (secondary N) is 1. The second kappa shape index (κ2) is 8.19. The Morgan fingerprint density at radius 1 is 1.00 bits per heavy atom. The second-order valence-electron chi connectivity index (χ2n) is 6.86. The monoisotopic (exact) mass is 336 g/mol. The van der Waals surface area contributed by atoms with Gasteiger partial charge in [-0.3, -0.25) is 4.79 Å². The first-order chi connectivity index (χ1) is 12.2. The lowest BCUT2D eigenvalue weighted by Crippen LogP contribution is -2.31. The van der Waals surface area contributed by atoms with E-state index in [1.54, 1.807) is 0 Å². The van der Waals surface area contributed by atoms with E-state index in [9.17, 15) is 4.79 Å². The third-order valence-corrected chi connectivity index (χ3v) is 5.16. The van der Waals surface area contributed by atoms with E-state index in [0.717, 1.165) is 30.9 Å². The maximum absolute atomic E-state index is 12.2. The average molecular weight is 336 g/mol. The van der Waals surface area contributed by atoms with Crippen molar-refractivity contribution in [3.05, 3.63) is 65.2 Å². The molecule has 1 N–H and O–H groups in total. The molecule has 3 rings (SSSR count). The molecule has 1 aliphatic carbocycles. The Labute approximate surface area is 151 Å². The summed E-state index contributed by atoms with van der Waals surface area (Å²) in [6.07, 6.45) is 2.82. The van der Waals surface area contributed by atoms with Gasteiger partial charge in [-0.05, 0) is 61.4 Å². The van der Waals surface area contributed by atoms with Gasteiger partial charge < -0.3 is 10.2 Å². The van der Waals surface area contributed by atoms with Crippen molar-refractivity contribution >= 4 is 11.6 Å². The minimum absolute atomic E-state index is 0.203. The van der Waals surface area contributed by atoms with E-state index < -0.39 is 0 Å². The van der Waals surface area contributed by atoms with Gasteiger partial charge in [0.1, 0.15) is 0 Å². The molecule has 0 radical (unpaired) electrons. The first kappa shape index (κ1) is 17.5. The molecule has 2 aromatic carbocycles. The molecule has 1 aliphatic rings. The molecule has 3 heteroatoms. The maximum Gasteiger partial charge on any atom is 0.226 e. The Balaban J connectivity index is 1.49. The van der Waals surface area contributed by atoms with E-state index in [1.807, 2.05) is 18.7 Å². The standard InChI is InChI=1S/C22H28N2O/c1-3-24(4-2)22(25)15-17-9-11-21(12-10-17)23-16-18-13-19-7-5-6-8-20(19)14-18/h5-12,18,23H,3-4,13-16H2,1-2H3. The highest BCUT2D eigenvalue weighted by Gasteiger charge is 2.20. The number of fused-ring (bicyclic) bond motifs is 1. The summed E-state index contributed by atoms with van der Waals surface area (Å²) in [5.74, 6) is 0.871. The molecular weight excluding hydrogens is 308 g/mol. The summed E-state index contributed by atoms with van der Waals surface area (Å²) in [5, 5.41) is 3.55. The van der Waals surface area contributed by atoms with Crippen LogP contribution in [0.3, 0.4) is 0 Å². The summed E-state index contributed by atoms with van der Waals surface area (Å²) in [7, 11) is 0. The van der Waals surface area contributed by atoms with Crippen LogP contribution in [0.5, 0.6) is 0 Å². The van der Waals surface area contributed by atoms with Crippen molar-refractivity contribution in [3.8, 4) is 0 Å². The molecule has 2 aromatic rings. The Hall–Kier alpha value is -2.29. The predicted molar refractivity (Wildman–Crippen MR) is 104 cm³/mol. The predicted octanol–water partition coefficient (Wildman–Crippen LogP) is 3.92. The fourth-order valence-corrected chi connectivity index (χ4v) is 3.66. The van der Waals surface area contributed by atoms with Crippen molar-refractivity contribution in [1.29, 1.82) is 0 Å². The maximum atomic E-state index is 12.2.